The van der Waals surface area contributed by atoms with E-state index in [1.165, 1.54) is 12.3 Å². The van der Waals surface area contributed by atoms with Crippen LogP contribution in [0.15, 0.2) is 18.3 Å². The van der Waals surface area contributed by atoms with Gasteiger partial charge in [-0.25, -0.2) is 9.78 Å². The van der Waals surface area contributed by atoms with E-state index in [0.717, 1.165) is 32.2 Å². The smallest absolute Gasteiger partial charge is 0.341 e. The Hall–Kier alpha value is -1.62. The fourth-order valence-electron chi connectivity index (χ4n) is 2.58. The Morgan fingerprint density at radius 3 is 3.00 bits per heavy atom. The van der Waals surface area contributed by atoms with Gasteiger partial charge in [-0.05, 0) is 37.8 Å². The average Bonchev–Trinajstić information content (AvgIpc) is 2.52. The van der Waals surface area contributed by atoms with Gasteiger partial charge in [0.15, 0.2) is 6.61 Å². The van der Waals surface area contributed by atoms with Gasteiger partial charge >= 0.3 is 5.97 Å². The molecule has 1 aromatic heterocycles. The second-order valence-corrected chi connectivity index (χ2v) is 5.42. The zero-order chi connectivity index (χ0) is 15.2. The molecule has 6 heteroatoms. The van der Waals surface area contributed by atoms with Crippen molar-refractivity contribution in [3.8, 4) is 0 Å². The number of ether oxygens (including phenoxy) is 1. The highest BCUT2D eigenvalue weighted by molar-refractivity contribution is 6.32. The number of nitrogens with zero attached hydrogens (tertiary/aromatic N) is 2. The number of pyridine rings is 1. The molecule has 5 nitrogen and oxygen atoms in total. The Bertz CT molecular complexity index is 521. The van der Waals surface area contributed by atoms with Crippen molar-refractivity contribution in [1.29, 1.82) is 0 Å². The number of carbonyl (C=O) groups excluding carboxylic acids is 2. The number of esters is 1. The summed E-state index contributed by atoms with van der Waals surface area (Å²) in [5.74, 6) is -0.763. The molecule has 2 heterocycles. The van der Waals surface area contributed by atoms with Gasteiger partial charge in [-0.1, -0.05) is 18.5 Å². The van der Waals surface area contributed by atoms with Crippen LogP contribution in [-0.2, 0) is 9.53 Å². The van der Waals surface area contributed by atoms with Gasteiger partial charge in [0.2, 0.25) is 0 Å². The molecule has 1 aliphatic heterocycles. The molecule has 0 saturated carbocycles. The Morgan fingerprint density at radius 2 is 2.29 bits per heavy atom. The molecule has 1 amide bonds. The Labute approximate surface area is 129 Å². The van der Waals surface area contributed by atoms with Crippen molar-refractivity contribution >= 4 is 23.5 Å². The summed E-state index contributed by atoms with van der Waals surface area (Å²) < 4.78 is 5.06. The van der Waals surface area contributed by atoms with Gasteiger partial charge in [-0.3, -0.25) is 4.79 Å². The molecule has 1 aromatic rings. The van der Waals surface area contributed by atoms with E-state index in [1.807, 2.05) is 4.90 Å². The first-order chi connectivity index (χ1) is 10.1. The highest BCUT2D eigenvalue weighted by atomic mass is 35.5. The Kier molecular flexibility index (Phi) is 5.56. The minimum absolute atomic E-state index is 0.0827. The summed E-state index contributed by atoms with van der Waals surface area (Å²) in [7, 11) is 0. The number of likely N-dealkylation sites (tertiary alicyclic amines) is 1. The molecule has 0 N–H and O–H groups in total. The number of hydrogen-bond acceptors (Lipinski definition) is 4. The minimum atomic E-state index is -0.619. The molecule has 0 unspecified atom stereocenters. The molecule has 0 spiro atoms. The highest BCUT2D eigenvalue weighted by Gasteiger charge is 2.26. The van der Waals surface area contributed by atoms with Crippen molar-refractivity contribution in [2.24, 2.45) is 0 Å². The molecule has 0 aromatic carbocycles. The van der Waals surface area contributed by atoms with Crippen molar-refractivity contribution in [3.63, 3.8) is 0 Å². The first-order valence-corrected chi connectivity index (χ1v) is 7.58. The summed E-state index contributed by atoms with van der Waals surface area (Å²) >= 11 is 5.82. The standard InChI is InChI=1S/C15H19ClN2O3/c1-2-11-6-3-4-9-18(11)13(19)10-21-15(20)12-7-5-8-17-14(12)16/h5,7-8,11H,2-4,6,9-10H2,1H3/t11-/m0/s1. The second kappa shape index (κ2) is 7.41. The Balaban J connectivity index is 1.91. The van der Waals surface area contributed by atoms with E-state index < -0.39 is 5.97 Å². The normalized spacial score (nSPS) is 18.4. The van der Waals surface area contributed by atoms with Crippen LogP contribution >= 0.6 is 11.6 Å². The average molecular weight is 311 g/mol. The number of carbonyl (C=O) groups is 2. The van der Waals surface area contributed by atoms with Crippen LogP contribution in [0.3, 0.4) is 0 Å². The predicted octanol–water partition coefficient (Wildman–Crippen LogP) is 2.68. The lowest BCUT2D eigenvalue weighted by atomic mass is 10.00. The maximum atomic E-state index is 12.2. The fourth-order valence-corrected chi connectivity index (χ4v) is 2.78. The van der Waals surface area contributed by atoms with Crippen LogP contribution in [0.5, 0.6) is 0 Å². The predicted molar refractivity (Wildman–Crippen MR) is 79.2 cm³/mol. The van der Waals surface area contributed by atoms with Crippen molar-refractivity contribution in [3.05, 3.63) is 29.0 Å². The fraction of sp³-hybridized carbons (Fsp3) is 0.533. The monoisotopic (exact) mass is 310 g/mol. The van der Waals surface area contributed by atoms with Gasteiger partial charge in [-0.15, -0.1) is 0 Å². The molecular formula is C15H19ClN2O3. The van der Waals surface area contributed by atoms with E-state index in [2.05, 4.69) is 11.9 Å². The van der Waals surface area contributed by atoms with E-state index >= 15 is 0 Å². The molecule has 0 aliphatic carbocycles. The molecule has 114 valence electrons. The van der Waals surface area contributed by atoms with Crippen LogP contribution in [0.25, 0.3) is 0 Å². The summed E-state index contributed by atoms with van der Waals surface area (Å²) in [5.41, 5.74) is 0.178. The third-order valence-corrected chi connectivity index (χ3v) is 4.03. The van der Waals surface area contributed by atoms with Crippen LogP contribution in [0.4, 0.5) is 0 Å². The van der Waals surface area contributed by atoms with Crippen LogP contribution in [0, 0.1) is 0 Å². The lowest BCUT2D eigenvalue weighted by Crippen LogP contribution is -2.45. The number of piperidine rings is 1. The van der Waals surface area contributed by atoms with Crippen molar-refractivity contribution in [1.82, 2.24) is 9.88 Å². The third-order valence-electron chi connectivity index (χ3n) is 3.72. The van der Waals surface area contributed by atoms with Crippen molar-refractivity contribution in [2.45, 2.75) is 38.6 Å². The lowest BCUT2D eigenvalue weighted by molar-refractivity contribution is -0.138. The molecule has 1 aliphatic rings. The quantitative estimate of drug-likeness (QED) is 0.633. The summed E-state index contributed by atoms with van der Waals surface area (Å²) in [4.78, 5) is 29.7. The van der Waals surface area contributed by atoms with Crippen LogP contribution in [-0.4, -0.2) is 41.0 Å². The van der Waals surface area contributed by atoms with Gasteiger partial charge in [0.05, 0.1) is 5.56 Å². The van der Waals surface area contributed by atoms with Crippen LogP contribution < -0.4 is 0 Å². The zero-order valence-electron chi connectivity index (χ0n) is 12.0. The van der Waals surface area contributed by atoms with Gasteiger partial charge in [0.25, 0.3) is 5.91 Å². The number of amides is 1. The number of hydrogen-bond donors (Lipinski definition) is 0. The van der Waals surface area contributed by atoms with E-state index in [4.69, 9.17) is 16.3 Å². The first kappa shape index (κ1) is 15.8. The van der Waals surface area contributed by atoms with Crippen molar-refractivity contribution in [2.75, 3.05) is 13.2 Å². The summed E-state index contributed by atoms with van der Waals surface area (Å²) in [6, 6.07) is 3.38. The minimum Gasteiger partial charge on any atom is -0.452 e. The Morgan fingerprint density at radius 1 is 1.48 bits per heavy atom. The topological polar surface area (TPSA) is 59.5 Å². The van der Waals surface area contributed by atoms with Gasteiger partial charge in [0, 0.05) is 18.8 Å². The van der Waals surface area contributed by atoms with Gasteiger partial charge < -0.3 is 9.64 Å². The summed E-state index contributed by atoms with van der Waals surface area (Å²) in [6.07, 6.45) is 5.58. The summed E-state index contributed by atoms with van der Waals surface area (Å²) in [6.45, 7) is 2.56. The molecule has 0 bridgehead atoms. The SMILES string of the molecule is CC[C@H]1CCCCN1C(=O)COC(=O)c1cccnc1Cl. The van der Waals surface area contributed by atoms with E-state index in [1.54, 1.807) is 6.07 Å². The van der Waals surface area contributed by atoms with Crippen LogP contribution in [0.2, 0.25) is 5.15 Å². The molecule has 21 heavy (non-hydrogen) atoms. The van der Waals surface area contributed by atoms with E-state index in [0.29, 0.717) is 0 Å². The van der Waals surface area contributed by atoms with E-state index in [9.17, 15) is 9.59 Å². The molecule has 1 fully saturated rings. The highest BCUT2D eigenvalue weighted by Crippen LogP contribution is 2.20. The van der Waals surface area contributed by atoms with Gasteiger partial charge in [-0.2, -0.15) is 0 Å². The molecule has 1 saturated heterocycles. The zero-order valence-corrected chi connectivity index (χ0v) is 12.8. The number of rotatable bonds is 4. The third kappa shape index (κ3) is 3.94. The summed E-state index contributed by atoms with van der Waals surface area (Å²) in [5, 5.41) is 0.0827. The van der Waals surface area contributed by atoms with Crippen LogP contribution in [0.1, 0.15) is 43.0 Å². The maximum absolute atomic E-state index is 12.2. The maximum Gasteiger partial charge on any atom is 0.341 e. The molecule has 2 rings (SSSR count). The lowest BCUT2D eigenvalue weighted by Gasteiger charge is -2.35. The second-order valence-electron chi connectivity index (χ2n) is 5.06. The number of halogens is 1. The first-order valence-electron chi connectivity index (χ1n) is 7.20. The number of aromatic nitrogens is 1. The van der Waals surface area contributed by atoms with Gasteiger partial charge in [0.1, 0.15) is 5.15 Å². The van der Waals surface area contributed by atoms with Crippen molar-refractivity contribution < 1.29 is 14.3 Å². The molecule has 0 radical (unpaired) electrons. The van der Waals surface area contributed by atoms with E-state index in [-0.39, 0.29) is 29.3 Å². The molecule has 1 atom stereocenters. The largest absolute Gasteiger partial charge is 0.452 e. The molecular weight excluding hydrogens is 292 g/mol.